The second-order valence-corrected chi connectivity index (χ2v) is 7.52. The predicted octanol–water partition coefficient (Wildman–Crippen LogP) is 6.33. The van der Waals surface area contributed by atoms with Crippen molar-refractivity contribution in [3.63, 3.8) is 0 Å². The molecule has 0 radical (unpaired) electrons. The lowest BCUT2D eigenvalue weighted by Gasteiger charge is -2.21. The van der Waals surface area contributed by atoms with Gasteiger partial charge in [0.25, 0.3) is 0 Å². The topological polar surface area (TPSA) is 48.4 Å². The Bertz CT molecular complexity index is 1170. The average molecular weight is 406 g/mol. The number of benzene rings is 3. The van der Waals surface area contributed by atoms with Crippen LogP contribution >= 0.6 is 11.6 Å². The van der Waals surface area contributed by atoms with Crippen LogP contribution in [0.1, 0.15) is 19.4 Å². The van der Waals surface area contributed by atoms with Gasteiger partial charge in [-0.3, -0.25) is 9.88 Å². The van der Waals surface area contributed by atoms with E-state index in [0.29, 0.717) is 17.3 Å². The van der Waals surface area contributed by atoms with Crippen molar-refractivity contribution in [3.8, 4) is 5.75 Å². The molecule has 4 aromatic rings. The molecule has 4 nitrogen and oxygen atoms in total. The number of hydrogen-bond donors (Lipinski definition) is 2. The van der Waals surface area contributed by atoms with Gasteiger partial charge in [0.05, 0.1) is 5.52 Å². The summed E-state index contributed by atoms with van der Waals surface area (Å²) < 4.78 is 0. The Kier molecular flexibility index (Phi) is 5.56. The smallest absolute Gasteiger partial charge is 0.128 e. The van der Waals surface area contributed by atoms with Crippen molar-refractivity contribution in [3.05, 3.63) is 71.4 Å². The van der Waals surface area contributed by atoms with Gasteiger partial charge in [-0.1, -0.05) is 49.7 Å². The Labute approximate surface area is 175 Å². The molecular formula is C24H24ClN3O. The molecule has 2 N–H and O–H groups in total. The average Bonchev–Trinajstić information content (AvgIpc) is 2.74. The zero-order valence-corrected chi connectivity index (χ0v) is 17.4. The number of rotatable bonds is 6. The highest BCUT2D eigenvalue weighted by molar-refractivity contribution is 6.31. The fourth-order valence-electron chi connectivity index (χ4n) is 3.71. The van der Waals surface area contributed by atoms with Crippen LogP contribution in [0.25, 0.3) is 21.7 Å². The van der Waals surface area contributed by atoms with E-state index < -0.39 is 0 Å². The third kappa shape index (κ3) is 3.86. The van der Waals surface area contributed by atoms with Gasteiger partial charge in [0, 0.05) is 50.9 Å². The molecule has 0 spiro atoms. The van der Waals surface area contributed by atoms with E-state index in [-0.39, 0.29) is 0 Å². The number of nitrogens with zero attached hydrogens (tertiary/aromatic N) is 2. The molecule has 0 fully saturated rings. The molecule has 0 bridgehead atoms. The van der Waals surface area contributed by atoms with Crippen molar-refractivity contribution in [2.75, 3.05) is 18.4 Å². The SMILES string of the molecule is CCN(CC)Cc1cc(Nc2ccnc3cc(Cl)ccc23)c2ccccc2c1O. The van der Waals surface area contributed by atoms with Gasteiger partial charge in [-0.05, 0) is 43.4 Å². The second kappa shape index (κ2) is 8.27. The van der Waals surface area contributed by atoms with Gasteiger partial charge in [0.1, 0.15) is 5.75 Å². The number of nitrogens with one attached hydrogen (secondary N) is 1. The Morgan fingerprint density at radius 1 is 0.931 bits per heavy atom. The van der Waals surface area contributed by atoms with Gasteiger partial charge < -0.3 is 10.4 Å². The number of halogens is 1. The quantitative estimate of drug-likeness (QED) is 0.368. The van der Waals surface area contributed by atoms with E-state index >= 15 is 0 Å². The highest BCUT2D eigenvalue weighted by Gasteiger charge is 2.14. The van der Waals surface area contributed by atoms with E-state index in [1.54, 1.807) is 6.20 Å². The molecule has 0 unspecified atom stereocenters. The van der Waals surface area contributed by atoms with Crippen LogP contribution in [0.15, 0.2) is 60.8 Å². The second-order valence-electron chi connectivity index (χ2n) is 7.08. The van der Waals surface area contributed by atoms with Crippen LogP contribution in [-0.2, 0) is 6.54 Å². The molecule has 29 heavy (non-hydrogen) atoms. The Morgan fingerprint density at radius 3 is 2.45 bits per heavy atom. The molecule has 148 valence electrons. The minimum Gasteiger partial charge on any atom is -0.507 e. The van der Waals surface area contributed by atoms with E-state index in [2.05, 4.69) is 35.1 Å². The van der Waals surface area contributed by atoms with Crippen LogP contribution in [-0.4, -0.2) is 28.1 Å². The van der Waals surface area contributed by atoms with Crippen molar-refractivity contribution in [2.45, 2.75) is 20.4 Å². The van der Waals surface area contributed by atoms with E-state index in [4.69, 9.17) is 11.6 Å². The zero-order valence-electron chi connectivity index (χ0n) is 16.6. The number of pyridine rings is 1. The summed E-state index contributed by atoms with van der Waals surface area (Å²) in [4.78, 5) is 6.72. The van der Waals surface area contributed by atoms with Crippen molar-refractivity contribution < 1.29 is 5.11 Å². The summed E-state index contributed by atoms with van der Waals surface area (Å²) in [5.41, 5.74) is 3.67. The van der Waals surface area contributed by atoms with Gasteiger partial charge in [0.15, 0.2) is 0 Å². The minimum absolute atomic E-state index is 0.351. The van der Waals surface area contributed by atoms with Crippen LogP contribution in [0.4, 0.5) is 11.4 Å². The van der Waals surface area contributed by atoms with Crippen LogP contribution in [0.3, 0.4) is 0 Å². The van der Waals surface area contributed by atoms with Crippen molar-refractivity contribution in [1.82, 2.24) is 9.88 Å². The molecule has 0 aliphatic carbocycles. The summed E-state index contributed by atoms with van der Waals surface area (Å²) in [6.45, 7) is 6.83. The highest BCUT2D eigenvalue weighted by Crippen LogP contribution is 2.37. The molecule has 5 heteroatoms. The predicted molar refractivity (Wildman–Crippen MR) is 122 cm³/mol. The maximum Gasteiger partial charge on any atom is 0.128 e. The Balaban J connectivity index is 1.84. The largest absolute Gasteiger partial charge is 0.507 e. The van der Waals surface area contributed by atoms with Gasteiger partial charge in [-0.2, -0.15) is 0 Å². The molecule has 0 aliphatic heterocycles. The Morgan fingerprint density at radius 2 is 1.69 bits per heavy atom. The number of aromatic nitrogens is 1. The fraction of sp³-hybridized carbons (Fsp3) is 0.208. The third-order valence-electron chi connectivity index (χ3n) is 5.36. The molecule has 0 saturated heterocycles. The lowest BCUT2D eigenvalue weighted by atomic mass is 10.0. The van der Waals surface area contributed by atoms with Crippen LogP contribution in [0.5, 0.6) is 5.75 Å². The first-order valence-corrected chi connectivity index (χ1v) is 10.3. The van der Waals surface area contributed by atoms with Gasteiger partial charge in [-0.25, -0.2) is 0 Å². The minimum atomic E-state index is 0.351. The lowest BCUT2D eigenvalue weighted by molar-refractivity contribution is 0.291. The first kappa shape index (κ1) is 19.5. The van der Waals surface area contributed by atoms with Crippen LogP contribution < -0.4 is 5.32 Å². The number of anilines is 2. The summed E-state index contributed by atoms with van der Waals surface area (Å²) >= 11 is 6.13. The van der Waals surface area contributed by atoms with E-state index in [1.807, 2.05) is 48.5 Å². The first-order valence-electron chi connectivity index (χ1n) is 9.88. The first-order chi connectivity index (χ1) is 14.1. The summed E-state index contributed by atoms with van der Waals surface area (Å²) in [5.74, 6) is 0.351. The Hall–Kier alpha value is -2.82. The monoisotopic (exact) mass is 405 g/mol. The number of phenolic OH excluding ortho intramolecular Hbond substituents is 1. The normalized spacial score (nSPS) is 11.4. The summed E-state index contributed by atoms with van der Waals surface area (Å²) in [6, 6.07) is 17.7. The summed E-state index contributed by atoms with van der Waals surface area (Å²) in [6.07, 6.45) is 1.78. The molecule has 1 aromatic heterocycles. The molecule has 1 heterocycles. The number of phenols is 1. The molecule has 0 atom stereocenters. The number of hydrogen-bond acceptors (Lipinski definition) is 4. The highest BCUT2D eigenvalue weighted by atomic mass is 35.5. The molecule has 0 saturated carbocycles. The van der Waals surface area contributed by atoms with E-state index in [1.165, 1.54) is 0 Å². The van der Waals surface area contributed by atoms with Crippen molar-refractivity contribution >= 4 is 44.7 Å². The standard InChI is InChI=1S/C24H24ClN3O/c1-3-28(4-2)15-16-13-23(18-7-5-6-8-19(18)24(16)29)27-21-11-12-26-22-14-17(25)9-10-20(21)22/h5-14,29H,3-4,15H2,1-2H3,(H,26,27). The maximum atomic E-state index is 10.9. The summed E-state index contributed by atoms with van der Waals surface area (Å²) in [7, 11) is 0. The molecule has 4 rings (SSSR count). The van der Waals surface area contributed by atoms with Gasteiger partial charge >= 0.3 is 0 Å². The maximum absolute atomic E-state index is 10.9. The van der Waals surface area contributed by atoms with E-state index in [9.17, 15) is 5.11 Å². The molecule has 3 aromatic carbocycles. The van der Waals surface area contributed by atoms with Gasteiger partial charge in [0.2, 0.25) is 0 Å². The zero-order chi connectivity index (χ0) is 20.4. The third-order valence-corrected chi connectivity index (χ3v) is 5.59. The molecule has 0 amide bonds. The lowest BCUT2D eigenvalue weighted by Crippen LogP contribution is -2.22. The van der Waals surface area contributed by atoms with Crippen LogP contribution in [0, 0.1) is 0 Å². The van der Waals surface area contributed by atoms with E-state index in [0.717, 1.165) is 51.7 Å². The molecular weight excluding hydrogens is 382 g/mol. The molecule has 0 aliphatic rings. The van der Waals surface area contributed by atoms with Crippen molar-refractivity contribution in [2.24, 2.45) is 0 Å². The number of fused-ring (bicyclic) bond motifs is 2. The number of aromatic hydroxyl groups is 1. The van der Waals surface area contributed by atoms with Gasteiger partial charge in [-0.15, -0.1) is 0 Å². The fourth-order valence-corrected chi connectivity index (χ4v) is 3.87. The summed E-state index contributed by atoms with van der Waals surface area (Å²) in [5, 5.41) is 18.0. The van der Waals surface area contributed by atoms with Crippen LogP contribution in [0.2, 0.25) is 5.02 Å². The van der Waals surface area contributed by atoms with Crippen molar-refractivity contribution in [1.29, 1.82) is 0 Å².